The Labute approximate surface area is 93.5 Å². The summed E-state index contributed by atoms with van der Waals surface area (Å²) in [6.07, 6.45) is 2.26. The topological polar surface area (TPSA) is 95.0 Å². The maximum Gasteiger partial charge on any atom is 0.0614 e. The Kier molecular flexibility index (Phi) is 2.83. The number of aryl methyl sites for hydroxylation is 1. The summed E-state index contributed by atoms with van der Waals surface area (Å²) in [5.74, 6) is 0. The molecule has 5 nitrogen and oxygen atoms in total. The Morgan fingerprint density at radius 3 is 3.00 bits per heavy atom. The van der Waals surface area contributed by atoms with Crippen molar-refractivity contribution >= 4 is 5.69 Å². The van der Waals surface area contributed by atoms with Crippen molar-refractivity contribution in [1.82, 2.24) is 0 Å². The van der Waals surface area contributed by atoms with E-state index in [1.165, 1.54) is 5.56 Å². The molecule has 0 fully saturated rings. The molecule has 84 valence electrons. The van der Waals surface area contributed by atoms with Crippen molar-refractivity contribution in [2.45, 2.75) is 24.8 Å². The van der Waals surface area contributed by atoms with Crippen LogP contribution in [0.3, 0.4) is 0 Å². The first kappa shape index (κ1) is 11.0. The van der Waals surface area contributed by atoms with Gasteiger partial charge in [-0.2, -0.15) is 0 Å². The molecule has 0 heterocycles. The van der Waals surface area contributed by atoms with E-state index in [9.17, 15) is 5.11 Å². The minimum absolute atomic E-state index is 0.00450. The van der Waals surface area contributed by atoms with Crippen molar-refractivity contribution in [2.24, 2.45) is 10.8 Å². The zero-order valence-electron chi connectivity index (χ0n) is 8.93. The Bertz CT molecular complexity index is 453. The molecule has 0 amide bonds. The minimum atomic E-state index is -0.493. The van der Waals surface area contributed by atoms with Crippen LogP contribution in [0.25, 0.3) is 10.4 Å². The van der Waals surface area contributed by atoms with Gasteiger partial charge in [-0.3, -0.25) is 0 Å². The Hall–Kier alpha value is -1.55. The van der Waals surface area contributed by atoms with Crippen molar-refractivity contribution in [1.29, 1.82) is 0 Å². The molecule has 0 spiro atoms. The number of aliphatic hydroxyl groups is 1. The summed E-state index contributed by atoms with van der Waals surface area (Å²) < 4.78 is 0. The molecule has 1 aliphatic rings. The molecule has 1 aliphatic carbocycles. The first-order chi connectivity index (χ1) is 7.67. The standard InChI is InChI=1S/C11H14N4O/c12-11(7-16)4-3-8-5-10(14-15-13)2-1-9(8)6-11/h1-2,5,16H,3-4,6-7,12H2. The van der Waals surface area contributed by atoms with E-state index in [0.717, 1.165) is 18.4 Å². The molecule has 1 unspecified atom stereocenters. The van der Waals surface area contributed by atoms with Gasteiger partial charge in [-0.1, -0.05) is 17.2 Å². The van der Waals surface area contributed by atoms with Gasteiger partial charge in [0.15, 0.2) is 0 Å². The normalized spacial score (nSPS) is 23.4. The SMILES string of the molecule is [N-]=[N+]=Nc1ccc2c(c1)CCC(N)(CO)C2. The number of nitrogens with two attached hydrogens (primary N) is 1. The van der Waals surface area contributed by atoms with Crippen LogP contribution in [-0.4, -0.2) is 17.3 Å². The monoisotopic (exact) mass is 218 g/mol. The van der Waals surface area contributed by atoms with Gasteiger partial charge >= 0.3 is 0 Å². The molecule has 2 rings (SSSR count). The highest BCUT2D eigenvalue weighted by Crippen LogP contribution is 2.29. The van der Waals surface area contributed by atoms with Crippen LogP contribution in [0.1, 0.15) is 17.5 Å². The van der Waals surface area contributed by atoms with Gasteiger partial charge in [0.2, 0.25) is 0 Å². The van der Waals surface area contributed by atoms with E-state index in [0.29, 0.717) is 12.1 Å². The number of hydrogen-bond donors (Lipinski definition) is 2. The first-order valence-electron chi connectivity index (χ1n) is 5.23. The van der Waals surface area contributed by atoms with Gasteiger partial charge in [-0.05, 0) is 42.0 Å². The van der Waals surface area contributed by atoms with E-state index in [2.05, 4.69) is 10.0 Å². The fraction of sp³-hybridized carbons (Fsp3) is 0.455. The summed E-state index contributed by atoms with van der Waals surface area (Å²) in [5.41, 5.74) is 16.8. The Morgan fingerprint density at radius 2 is 2.31 bits per heavy atom. The third-order valence-corrected chi connectivity index (χ3v) is 3.10. The zero-order chi connectivity index (χ0) is 11.6. The van der Waals surface area contributed by atoms with Crippen LogP contribution in [0.4, 0.5) is 5.69 Å². The molecular weight excluding hydrogens is 204 g/mol. The summed E-state index contributed by atoms with van der Waals surface area (Å²) in [4.78, 5) is 2.76. The van der Waals surface area contributed by atoms with Crippen LogP contribution in [-0.2, 0) is 12.8 Å². The zero-order valence-corrected chi connectivity index (χ0v) is 8.93. The lowest BCUT2D eigenvalue weighted by Gasteiger charge is -2.33. The smallest absolute Gasteiger partial charge is 0.0614 e. The number of fused-ring (bicyclic) bond motifs is 1. The van der Waals surface area contributed by atoms with Crippen molar-refractivity contribution in [3.63, 3.8) is 0 Å². The number of nitrogens with zero attached hydrogens (tertiary/aromatic N) is 3. The second kappa shape index (κ2) is 4.14. The lowest BCUT2D eigenvalue weighted by molar-refractivity contribution is 0.181. The average molecular weight is 218 g/mol. The van der Waals surface area contributed by atoms with Crippen molar-refractivity contribution in [2.75, 3.05) is 6.61 Å². The molecule has 1 aromatic rings. The molecule has 16 heavy (non-hydrogen) atoms. The number of hydrogen-bond acceptors (Lipinski definition) is 3. The van der Waals surface area contributed by atoms with Gasteiger partial charge in [0, 0.05) is 16.1 Å². The maximum absolute atomic E-state index is 9.22. The van der Waals surface area contributed by atoms with Gasteiger partial charge in [0.05, 0.1) is 6.61 Å². The molecule has 1 aromatic carbocycles. The fourth-order valence-electron chi connectivity index (χ4n) is 2.12. The predicted molar refractivity (Wildman–Crippen MR) is 61.3 cm³/mol. The second-order valence-corrected chi connectivity index (χ2v) is 4.34. The highest BCUT2D eigenvalue weighted by Gasteiger charge is 2.29. The lowest BCUT2D eigenvalue weighted by atomic mass is 9.79. The summed E-state index contributed by atoms with van der Waals surface area (Å²) in [5, 5.41) is 12.8. The second-order valence-electron chi connectivity index (χ2n) is 4.34. The molecule has 0 saturated heterocycles. The highest BCUT2D eigenvalue weighted by atomic mass is 16.3. The summed E-state index contributed by atoms with van der Waals surface area (Å²) >= 11 is 0. The van der Waals surface area contributed by atoms with E-state index in [4.69, 9.17) is 11.3 Å². The third kappa shape index (κ3) is 2.02. The van der Waals surface area contributed by atoms with Gasteiger partial charge in [-0.15, -0.1) is 0 Å². The van der Waals surface area contributed by atoms with Crippen LogP contribution in [0.5, 0.6) is 0 Å². The number of aliphatic hydroxyl groups excluding tert-OH is 1. The van der Waals surface area contributed by atoms with E-state index < -0.39 is 5.54 Å². The van der Waals surface area contributed by atoms with Gasteiger partial charge in [-0.25, -0.2) is 0 Å². The van der Waals surface area contributed by atoms with Gasteiger partial charge in [0.25, 0.3) is 0 Å². The molecule has 0 aliphatic heterocycles. The van der Waals surface area contributed by atoms with Crippen LogP contribution in [0.15, 0.2) is 23.3 Å². The van der Waals surface area contributed by atoms with Gasteiger partial charge in [0.1, 0.15) is 0 Å². The highest BCUT2D eigenvalue weighted by molar-refractivity contribution is 5.46. The average Bonchev–Trinajstić information content (AvgIpc) is 2.30. The van der Waals surface area contributed by atoms with Crippen LogP contribution >= 0.6 is 0 Å². The third-order valence-electron chi connectivity index (χ3n) is 3.10. The first-order valence-corrected chi connectivity index (χ1v) is 5.23. The van der Waals surface area contributed by atoms with E-state index >= 15 is 0 Å². The largest absolute Gasteiger partial charge is 0.394 e. The van der Waals surface area contributed by atoms with E-state index in [1.807, 2.05) is 12.1 Å². The van der Waals surface area contributed by atoms with E-state index in [-0.39, 0.29) is 6.61 Å². The fourth-order valence-corrected chi connectivity index (χ4v) is 2.12. The van der Waals surface area contributed by atoms with Gasteiger partial charge < -0.3 is 10.8 Å². The Morgan fingerprint density at radius 1 is 1.50 bits per heavy atom. The number of azide groups is 1. The Balaban J connectivity index is 2.32. The molecule has 3 N–H and O–H groups in total. The van der Waals surface area contributed by atoms with Crippen molar-refractivity contribution < 1.29 is 5.11 Å². The van der Waals surface area contributed by atoms with Crippen molar-refractivity contribution in [3.05, 3.63) is 39.8 Å². The number of benzene rings is 1. The maximum atomic E-state index is 9.22. The van der Waals surface area contributed by atoms with Crippen LogP contribution in [0.2, 0.25) is 0 Å². The predicted octanol–water partition coefficient (Wildman–Crippen LogP) is 1.81. The van der Waals surface area contributed by atoms with Crippen molar-refractivity contribution in [3.8, 4) is 0 Å². The summed E-state index contributed by atoms with van der Waals surface area (Å²) in [7, 11) is 0. The minimum Gasteiger partial charge on any atom is -0.394 e. The quantitative estimate of drug-likeness (QED) is 0.450. The van der Waals surface area contributed by atoms with E-state index in [1.54, 1.807) is 6.07 Å². The molecular formula is C11H14N4O. The lowest BCUT2D eigenvalue weighted by Crippen LogP contribution is -2.48. The number of rotatable bonds is 2. The summed E-state index contributed by atoms with van der Waals surface area (Å²) in [6.45, 7) is 0.00450. The molecule has 0 bridgehead atoms. The summed E-state index contributed by atoms with van der Waals surface area (Å²) in [6, 6.07) is 5.60. The molecule has 0 aromatic heterocycles. The van der Waals surface area contributed by atoms with Crippen LogP contribution < -0.4 is 5.73 Å². The molecule has 5 heteroatoms. The molecule has 0 radical (unpaired) electrons. The molecule has 1 atom stereocenters. The molecule has 0 saturated carbocycles. The van der Waals surface area contributed by atoms with Crippen LogP contribution in [0, 0.1) is 0 Å².